The molecule has 1 saturated carbocycles. The van der Waals surface area contributed by atoms with Gasteiger partial charge in [-0.1, -0.05) is 18.5 Å². The maximum atomic E-state index is 15.6. The molecule has 3 aromatic rings. The van der Waals surface area contributed by atoms with Gasteiger partial charge in [-0.05, 0) is 45.0 Å². The highest BCUT2D eigenvalue weighted by Crippen LogP contribution is 2.48. The number of aromatic nitrogens is 4. The number of halogens is 2. The van der Waals surface area contributed by atoms with Crippen molar-refractivity contribution < 1.29 is 22.3 Å². The molecule has 11 nitrogen and oxygen atoms in total. The van der Waals surface area contributed by atoms with Crippen LogP contribution < -0.4 is 15.4 Å². The Bertz CT molecular complexity index is 1440. The molecule has 14 heteroatoms. The third-order valence-corrected chi connectivity index (χ3v) is 7.75. The zero-order valence-electron chi connectivity index (χ0n) is 20.6. The van der Waals surface area contributed by atoms with Crippen LogP contribution in [0.3, 0.4) is 0 Å². The fourth-order valence-corrected chi connectivity index (χ4v) is 4.78. The summed E-state index contributed by atoms with van der Waals surface area (Å²) >= 11 is 6.21. The average Bonchev–Trinajstić information content (AvgIpc) is 3.46. The first-order valence-corrected chi connectivity index (χ1v) is 13.3. The van der Waals surface area contributed by atoms with E-state index in [0.29, 0.717) is 23.8 Å². The van der Waals surface area contributed by atoms with Gasteiger partial charge in [-0.25, -0.2) is 37.3 Å². The largest absolute Gasteiger partial charge is 0.453 e. The van der Waals surface area contributed by atoms with Crippen LogP contribution in [0.4, 0.5) is 15.1 Å². The smallest absolute Gasteiger partial charge is 0.407 e. The second-order valence-electron chi connectivity index (χ2n) is 9.03. The van der Waals surface area contributed by atoms with Gasteiger partial charge in [0, 0.05) is 34.8 Å². The van der Waals surface area contributed by atoms with Gasteiger partial charge in [0.1, 0.15) is 16.4 Å². The Balaban J connectivity index is 1.76. The number of hydrogen-bond donors (Lipinski definition) is 4. The Morgan fingerprint density at radius 3 is 2.70 bits per heavy atom. The molecule has 1 aliphatic carbocycles. The lowest BCUT2D eigenvalue weighted by Gasteiger charge is -2.14. The standard InChI is InChI=1S/C23H27ClFN7O4S/c1-12(29-22(33)36-4)11-28-21-27-8-5-15(30-21)19-18(31-20(32-19)23(2)6-7-23)14-9-13(24)10-16(17(14)25)37(34,35)26-3/h5,8-10,12,26H,6-7,11H2,1-4H3,(H,29,33)(H,31,32)(H,27,28,30)/t12-/m0/s1. The van der Waals surface area contributed by atoms with Crippen molar-refractivity contribution in [2.24, 2.45) is 0 Å². The van der Waals surface area contributed by atoms with Crippen LogP contribution in [0.15, 0.2) is 29.3 Å². The Morgan fingerprint density at radius 1 is 1.32 bits per heavy atom. The first kappa shape index (κ1) is 26.8. The van der Waals surface area contributed by atoms with E-state index < -0.39 is 26.8 Å². The van der Waals surface area contributed by atoms with Crippen molar-refractivity contribution in [2.45, 2.75) is 43.0 Å². The molecule has 0 spiro atoms. The number of ether oxygens (including phenoxy) is 1. The van der Waals surface area contributed by atoms with E-state index in [2.05, 4.69) is 40.0 Å². The van der Waals surface area contributed by atoms with Gasteiger partial charge in [-0.3, -0.25) is 0 Å². The predicted molar refractivity (Wildman–Crippen MR) is 136 cm³/mol. The van der Waals surface area contributed by atoms with Crippen molar-refractivity contribution in [1.29, 1.82) is 0 Å². The number of methoxy groups -OCH3 is 1. The molecule has 1 aromatic carbocycles. The summed E-state index contributed by atoms with van der Waals surface area (Å²) in [6.45, 7) is 4.13. The number of benzene rings is 1. The van der Waals surface area contributed by atoms with E-state index in [0.717, 1.165) is 18.9 Å². The fourth-order valence-electron chi connectivity index (χ4n) is 3.64. The molecule has 0 bridgehead atoms. The summed E-state index contributed by atoms with van der Waals surface area (Å²) in [4.78, 5) is 27.5. The molecule has 1 fully saturated rings. The third kappa shape index (κ3) is 5.68. The highest BCUT2D eigenvalue weighted by Gasteiger charge is 2.43. The van der Waals surface area contributed by atoms with Crippen LogP contribution >= 0.6 is 11.6 Å². The van der Waals surface area contributed by atoms with Gasteiger partial charge in [-0.2, -0.15) is 0 Å². The number of aromatic amines is 1. The number of carbonyl (C=O) groups is 1. The number of alkyl carbamates (subject to hydrolysis) is 1. The molecule has 1 atom stereocenters. The van der Waals surface area contributed by atoms with E-state index in [-0.39, 0.29) is 33.7 Å². The number of rotatable bonds is 9. The van der Waals surface area contributed by atoms with Gasteiger partial charge < -0.3 is 20.4 Å². The molecule has 1 amide bonds. The Hall–Kier alpha value is -3.29. The average molecular weight is 552 g/mol. The van der Waals surface area contributed by atoms with Crippen LogP contribution in [0.25, 0.3) is 22.6 Å². The second-order valence-corrected chi connectivity index (χ2v) is 11.3. The minimum Gasteiger partial charge on any atom is -0.453 e. The predicted octanol–water partition coefficient (Wildman–Crippen LogP) is 3.44. The lowest BCUT2D eigenvalue weighted by molar-refractivity contribution is 0.168. The summed E-state index contributed by atoms with van der Waals surface area (Å²) in [5.41, 5.74) is 0.698. The van der Waals surface area contributed by atoms with Crippen molar-refractivity contribution in [1.82, 2.24) is 30.0 Å². The molecule has 4 rings (SSSR count). The summed E-state index contributed by atoms with van der Waals surface area (Å²) in [6.07, 6.45) is 2.77. The maximum absolute atomic E-state index is 15.6. The van der Waals surface area contributed by atoms with Gasteiger partial charge >= 0.3 is 6.09 Å². The minimum atomic E-state index is -4.12. The normalized spacial score (nSPS) is 15.2. The molecule has 2 heterocycles. The zero-order chi connectivity index (χ0) is 27.0. The fraction of sp³-hybridized carbons (Fsp3) is 0.391. The molecule has 0 saturated heterocycles. The van der Waals surface area contributed by atoms with Gasteiger partial charge in [-0.15, -0.1) is 0 Å². The maximum Gasteiger partial charge on any atom is 0.407 e. The number of imidazole rings is 1. The summed E-state index contributed by atoms with van der Waals surface area (Å²) in [6, 6.07) is 3.74. The molecule has 37 heavy (non-hydrogen) atoms. The van der Waals surface area contributed by atoms with E-state index in [9.17, 15) is 13.2 Å². The van der Waals surface area contributed by atoms with Crippen molar-refractivity contribution in [3.05, 3.63) is 41.1 Å². The van der Waals surface area contributed by atoms with Crippen molar-refractivity contribution in [3.8, 4) is 22.6 Å². The summed E-state index contributed by atoms with van der Waals surface area (Å²) in [5, 5.41) is 5.71. The number of carbonyl (C=O) groups excluding carboxylic acids is 1. The van der Waals surface area contributed by atoms with E-state index in [4.69, 9.17) is 11.6 Å². The molecular formula is C23H27ClFN7O4S. The van der Waals surface area contributed by atoms with E-state index >= 15 is 4.39 Å². The molecule has 2 aromatic heterocycles. The third-order valence-electron chi connectivity index (χ3n) is 6.12. The highest BCUT2D eigenvalue weighted by molar-refractivity contribution is 7.89. The van der Waals surface area contributed by atoms with Crippen LogP contribution in [0.5, 0.6) is 0 Å². The summed E-state index contributed by atoms with van der Waals surface area (Å²) in [7, 11) is -1.65. The lowest BCUT2D eigenvalue weighted by atomic mass is 10.1. The number of anilines is 1. The SMILES string of the molecule is CNS(=O)(=O)c1cc(Cl)cc(-c2nc(C3(C)CC3)[nH]c2-c2ccnc(NC[C@H](C)NC(=O)OC)n2)c1F. The number of hydrogen-bond acceptors (Lipinski definition) is 8. The van der Waals surface area contributed by atoms with Crippen LogP contribution in [-0.4, -0.2) is 61.2 Å². The second kappa shape index (κ2) is 10.2. The number of sulfonamides is 1. The number of nitrogens with zero attached hydrogens (tertiary/aromatic N) is 3. The van der Waals surface area contributed by atoms with Crippen LogP contribution in [0, 0.1) is 5.82 Å². The Morgan fingerprint density at radius 2 is 2.05 bits per heavy atom. The van der Waals surface area contributed by atoms with E-state index in [1.165, 1.54) is 26.4 Å². The first-order valence-electron chi connectivity index (χ1n) is 11.4. The van der Waals surface area contributed by atoms with Gasteiger partial charge in [0.05, 0.1) is 18.5 Å². The lowest BCUT2D eigenvalue weighted by Crippen LogP contribution is -2.37. The molecule has 0 aliphatic heterocycles. The number of H-pyrrole nitrogens is 1. The molecule has 198 valence electrons. The molecule has 0 unspecified atom stereocenters. The molecular weight excluding hydrogens is 525 g/mol. The van der Waals surface area contributed by atoms with Gasteiger partial charge in [0.2, 0.25) is 16.0 Å². The number of nitrogens with one attached hydrogen (secondary N) is 4. The van der Waals surface area contributed by atoms with E-state index in [1.54, 1.807) is 13.0 Å². The van der Waals surface area contributed by atoms with Crippen LogP contribution in [-0.2, 0) is 20.2 Å². The topological polar surface area (TPSA) is 151 Å². The zero-order valence-corrected chi connectivity index (χ0v) is 22.2. The molecule has 0 radical (unpaired) electrons. The number of amides is 1. The summed E-state index contributed by atoms with van der Waals surface area (Å²) < 4.78 is 47.2. The highest BCUT2D eigenvalue weighted by atomic mass is 35.5. The van der Waals surface area contributed by atoms with Crippen molar-refractivity contribution in [2.75, 3.05) is 26.0 Å². The van der Waals surface area contributed by atoms with E-state index in [1.807, 2.05) is 6.92 Å². The van der Waals surface area contributed by atoms with Crippen LogP contribution in [0.2, 0.25) is 5.02 Å². The minimum absolute atomic E-state index is 0.0375. The first-order chi connectivity index (χ1) is 17.5. The monoisotopic (exact) mass is 551 g/mol. The van der Waals surface area contributed by atoms with Gasteiger partial charge in [0.25, 0.3) is 0 Å². The van der Waals surface area contributed by atoms with Crippen molar-refractivity contribution in [3.63, 3.8) is 0 Å². The molecule has 1 aliphatic rings. The van der Waals surface area contributed by atoms with Gasteiger partial charge in [0.15, 0.2) is 5.82 Å². The quantitative estimate of drug-likeness (QED) is 0.316. The van der Waals surface area contributed by atoms with Crippen LogP contribution in [0.1, 0.15) is 32.5 Å². The Kier molecular flexibility index (Phi) is 7.40. The van der Waals surface area contributed by atoms with Crippen molar-refractivity contribution >= 4 is 33.7 Å². The summed E-state index contributed by atoms with van der Waals surface area (Å²) in [5.74, 6) is -0.0752. The Labute approximate surface area is 218 Å². The molecule has 4 N–H and O–H groups in total.